The van der Waals surface area contributed by atoms with E-state index in [-0.39, 0.29) is 17.5 Å². The summed E-state index contributed by atoms with van der Waals surface area (Å²) in [6.45, 7) is 9.56. The Kier molecular flexibility index (Phi) is 5.57. The topological polar surface area (TPSA) is 78.5 Å². The van der Waals surface area contributed by atoms with Crippen molar-refractivity contribution in [1.29, 1.82) is 0 Å². The van der Waals surface area contributed by atoms with Gasteiger partial charge in [-0.15, -0.1) is 0 Å². The summed E-state index contributed by atoms with van der Waals surface area (Å²) >= 11 is 0. The fourth-order valence-corrected chi connectivity index (χ4v) is 3.89. The Morgan fingerprint density at radius 2 is 1.90 bits per heavy atom. The summed E-state index contributed by atoms with van der Waals surface area (Å²) in [6, 6.07) is -0.799. The quantitative estimate of drug-likeness (QED) is 0.813. The SMILES string of the molecule is CC(NS(=O)(=O)N1CCCCC1C)C(=O)NC(C)(C)C. The summed E-state index contributed by atoms with van der Waals surface area (Å²) < 4.78 is 28.5. The molecular formula is C13H27N3O3S. The molecule has 118 valence electrons. The molecule has 0 aromatic rings. The molecule has 20 heavy (non-hydrogen) atoms. The largest absolute Gasteiger partial charge is 0.350 e. The van der Waals surface area contributed by atoms with Gasteiger partial charge in [0.1, 0.15) is 0 Å². The van der Waals surface area contributed by atoms with Crippen LogP contribution in [-0.2, 0) is 15.0 Å². The van der Waals surface area contributed by atoms with Crippen LogP contribution in [0, 0.1) is 0 Å². The number of carbonyl (C=O) groups is 1. The molecule has 1 aliphatic heterocycles. The molecule has 1 amide bonds. The molecular weight excluding hydrogens is 278 g/mol. The van der Waals surface area contributed by atoms with Gasteiger partial charge in [-0.05, 0) is 47.5 Å². The van der Waals surface area contributed by atoms with E-state index in [9.17, 15) is 13.2 Å². The molecule has 0 spiro atoms. The predicted octanol–water partition coefficient (Wildman–Crippen LogP) is 0.998. The van der Waals surface area contributed by atoms with Crippen LogP contribution in [0.25, 0.3) is 0 Å². The second kappa shape index (κ2) is 6.41. The number of amides is 1. The minimum absolute atomic E-state index is 0.0147. The van der Waals surface area contributed by atoms with E-state index in [0.29, 0.717) is 6.54 Å². The number of nitrogens with zero attached hydrogens (tertiary/aromatic N) is 1. The molecule has 1 saturated heterocycles. The summed E-state index contributed by atoms with van der Waals surface area (Å²) in [5, 5.41) is 2.77. The van der Waals surface area contributed by atoms with Crippen molar-refractivity contribution < 1.29 is 13.2 Å². The van der Waals surface area contributed by atoms with E-state index < -0.39 is 16.3 Å². The first-order chi connectivity index (χ1) is 9.03. The van der Waals surface area contributed by atoms with E-state index in [1.165, 1.54) is 4.31 Å². The van der Waals surface area contributed by atoms with Crippen LogP contribution in [0.2, 0.25) is 0 Å². The first kappa shape index (κ1) is 17.4. The molecule has 1 aliphatic rings. The van der Waals surface area contributed by atoms with Crippen LogP contribution >= 0.6 is 0 Å². The van der Waals surface area contributed by atoms with Gasteiger partial charge in [0.15, 0.2) is 0 Å². The fraction of sp³-hybridized carbons (Fsp3) is 0.923. The predicted molar refractivity (Wildman–Crippen MR) is 79.4 cm³/mol. The molecule has 2 N–H and O–H groups in total. The first-order valence-corrected chi connectivity index (χ1v) is 8.58. The molecule has 0 aromatic heterocycles. The summed E-state index contributed by atoms with van der Waals surface area (Å²) in [5.41, 5.74) is -0.380. The highest BCUT2D eigenvalue weighted by atomic mass is 32.2. The minimum atomic E-state index is -3.61. The molecule has 1 fully saturated rings. The van der Waals surface area contributed by atoms with Gasteiger partial charge in [0.2, 0.25) is 5.91 Å². The third-order valence-corrected chi connectivity index (χ3v) is 5.08. The fourth-order valence-electron chi connectivity index (χ4n) is 2.25. The highest BCUT2D eigenvalue weighted by molar-refractivity contribution is 7.87. The third-order valence-electron chi connectivity index (χ3n) is 3.27. The molecule has 0 bridgehead atoms. The molecule has 0 radical (unpaired) electrons. The molecule has 0 aliphatic carbocycles. The lowest BCUT2D eigenvalue weighted by atomic mass is 10.1. The highest BCUT2D eigenvalue weighted by Crippen LogP contribution is 2.19. The zero-order valence-electron chi connectivity index (χ0n) is 13.1. The lowest BCUT2D eigenvalue weighted by Gasteiger charge is -2.33. The van der Waals surface area contributed by atoms with Crippen molar-refractivity contribution in [2.45, 2.75) is 71.5 Å². The van der Waals surface area contributed by atoms with Gasteiger partial charge >= 0.3 is 0 Å². The van der Waals surface area contributed by atoms with Gasteiger partial charge in [-0.2, -0.15) is 17.4 Å². The van der Waals surface area contributed by atoms with Crippen molar-refractivity contribution in [3.63, 3.8) is 0 Å². The average Bonchev–Trinajstić information content (AvgIpc) is 2.26. The van der Waals surface area contributed by atoms with Crippen molar-refractivity contribution in [2.24, 2.45) is 0 Å². The van der Waals surface area contributed by atoms with Crippen molar-refractivity contribution in [1.82, 2.24) is 14.3 Å². The molecule has 6 nitrogen and oxygen atoms in total. The molecule has 2 atom stereocenters. The van der Waals surface area contributed by atoms with Crippen LogP contribution in [0.3, 0.4) is 0 Å². The lowest BCUT2D eigenvalue weighted by Crippen LogP contribution is -2.55. The molecule has 1 heterocycles. The smallest absolute Gasteiger partial charge is 0.280 e. The number of piperidine rings is 1. The Hall–Kier alpha value is -0.660. The Morgan fingerprint density at radius 1 is 1.30 bits per heavy atom. The maximum Gasteiger partial charge on any atom is 0.280 e. The van der Waals surface area contributed by atoms with E-state index >= 15 is 0 Å². The highest BCUT2D eigenvalue weighted by Gasteiger charge is 2.32. The maximum absolute atomic E-state index is 12.3. The van der Waals surface area contributed by atoms with Gasteiger partial charge in [0, 0.05) is 18.1 Å². The second-order valence-electron chi connectivity index (χ2n) is 6.54. The van der Waals surface area contributed by atoms with Crippen molar-refractivity contribution >= 4 is 16.1 Å². The normalized spacial score (nSPS) is 23.4. The van der Waals surface area contributed by atoms with Gasteiger partial charge in [-0.1, -0.05) is 6.42 Å². The minimum Gasteiger partial charge on any atom is -0.350 e. The van der Waals surface area contributed by atoms with E-state index in [0.717, 1.165) is 19.3 Å². The van der Waals surface area contributed by atoms with Gasteiger partial charge in [0.25, 0.3) is 10.2 Å². The molecule has 1 rings (SSSR count). The van der Waals surface area contributed by atoms with E-state index in [1.54, 1.807) is 6.92 Å². The summed E-state index contributed by atoms with van der Waals surface area (Å²) in [4.78, 5) is 11.9. The standard InChI is InChI=1S/C13H27N3O3S/c1-10-8-6-7-9-16(10)20(18,19)15-11(2)12(17)14-13(3,4)5/h10-11,15H,6-9H2,1-5H3,(H,14,17). The summed E-state index contributed by atoms with van der Waals surface area (Å²) in [7, 11) is -3.61. The van der Waals surface area contributed by atoms with Gasteiger partial charge in [-0.3, -0.25) is 4.79 Å². The molecule has 7 heteroatoms. The van der Waals surface area contributed by atoms with E-state index in [1.807, 2.05) is 27.7 Å². The van der Waals surface area contributed by atoms with E-state index in [2.05, 4.69) is 10.0 Å². The Labute approximate surface area is 122 Å². The Bertz CT molecular complexity index is 442. The third kappa shape index (κ3) is 5.03. The van der Waals surface area contributed by atoms with Crippen molar-refractivity contribution in [2.75, 3.05) is 6.54 Å². The van der Waals surface area contributed by atoms with Crippen LogP contribution in [-0.4, -0.2) is 42.8 Å². The van der Waals surface area contributed by atoms with Crippen LogP contribution in [0.4, 0.5) is 0 Å². The van der Waals surface area contributed by atoms with Crippen LogP contribution in [0.15, 0.2) is 0 Å². The molecule has 2 unspecified atom stereocenters. The average molecular weight is 305 g/mol. The summed E-state index contributed by atoms with van der Waals surface area (Å²) in [5.74, 6) is -0.314. The van der Waals surface area contributed by atoms with Crippen molar-refractivity contribution in [3.05, 3.63) is 0 Å². The van der Waals surface area contributed by atoms with Crippen LogP contribution < -0.4 is 10.0 Å². The number of nitrogens with one attached hydrogen (secondary N) is 2. The molecule has 0 aromatic carbocycles. The van der Waals surface area contributed by atoms with E-state index in [4.69, 9.17) is 0 Å². The van der Waals surface area contributed by atoms with Gasteiger partial charge in [-0.25, -0.2) is 0 Å². The van der Waals surface area contributed by atoms with Gasteiger partial charge < -0.3 is 5.32 Å². The van der Waals surface area contributed by atoms with Crippen LogP contribution in [0.5, 0.6) is 0 Å². The lowest BCUT2D eigenvalue weighted by molar-refractivity contribution is -0.123. The maximum atomic E-state index is 12.3. The first-order valence-electron chi connectivity index (χ1n) is 7.14. The summed E-state index contributed by atoms with van der Waals surface area (Å²) in [6.07, 6.45) is 2.78. The number of carbonyl (C=O) groups excluding carboxylic acids is 1. The van der Waals surface area contributed by atoms with Gasteiger partial charge in [0.05, 0.1) is 6.04 Å². The zero-order valence-corrected chi connectivity index (χ0v) is 13.9. The Morgan fingerprint density at radius 3 is 2.40 bits per heavy atom. The van der Waals surface area contributed by atoms with Crippen LogP contribution in [0.1, 0.15) is 53.9 Å². The molecule has 0 saturated carbocycles. The van der Waals surface area contributed by atoms with Crippen molar-refractivity contribution in [3.8, 4) is 0 Å². The second-order valence-corrected chi connectivity index (χ2v) is 8.19. The monoisotopic (exact) mass is 305 g/mol. The zero-order chi connectivity index (χ0) is 15.6. The number of hydrogen-bond donors (Lipinski definition) is 2. The number of rotatable bonds is 4. The Balaban J connectivity index is 2.68. The number of hydrogen-bond acceptors (Lipinski definition) is 3.